The summed E-state index contributed by atoms with van der Waals surface area (Å²) in [5.74, 6) is 0.0448. The number of para-hydroxylation sites is 1. The molecule has 1 fully saturated rings. The Morgan fingerprint density at radius 2 is 1.64 bits per heavy atom. The average Bonchev–Trinajstić information content (AvgIpc) is 3.03. The third-order valence-electron chi connectivity index (χ3n) is 7.67. The van der Waals surface area contributed by atoms with E-state index < -0.39 is 10.0 Å². The molecule has 214 valence electrons. The topological polar surface area (TPSA) is 91.3 Å². The van der Waals surface area contributed by atoms with Crippen LogP contribution < -0.4 is 10.2 Å². The van der Waals surface area contributed by atoms with Crippen molar-refractivity contribution in [2.75, 3.05) is 29.9 Å². The van der Waals surface area contributed by atoms with Crippen LogP contribution in [0.15, 0.2) is 102 Å². The Morgan fingerprint density at radius 1 is 0.905 bits per heavy atom. The van der Waals surface area contributed by atoms with Gasteiger partial charge in [0, 0.05) is 54.7 Å². The lowest BCUT2D eigenvalue weighted by atomic mass is 10.0. The number of piperidine rings is 1. The van der Waals surface area contributed by atoms with Crippen molar-refractivity contribution in [2.45, 2.75) is 30.7 Å². The maximum absolute atomic E-state index is 13.5. The number of nitrogens with zero attached hydrogens (tertiary/aromatic N) is 5. The lowest BCUT2D eigenvalue weighted by Crippen LogP contribution is -2.47. The molecule has 0 spiro atoms. The molecule has 2 aromatic heterocycles. The van der Waals surface area contributed by atoms with Crippen molar-refractivity contribution < 1.29 is 12.8 Å². The van der Waals surface area contributed by atoms with Crippen molar-refractivity contribution >= 4 is 38.2 Å². The van der Waals surface area contributed by atoms with Gasteiger partial charge >= 0.3 is 0 Å². The number of pyridine rings is 1. The van der Waals surface area contributed by atoms with Crippen LogP contribution in [0.4, 0.5) is 21.7 Å². The number of benzene rings is 3. The largest absolute Gasteiger partial charge is 0.367 e. The third-order valence-corrected chi connectivity index (χ3v) is 9.58. The molecule has 1 aliphatic rings. The Hall–Kier alpha value is -4.41. The van der Waals surface area contributed by atoms with E-state index in [1.54, 1.807) is 53.0 Å². The Labute approximate surface area is 244 Å². The van der Waals surface area contributed by atoms with E-state index in [2.05, 4.69) is 56.4 Å². The zero-order valence-corrected chi connectivity index (χ0v) is 24.0. The second kappa shape index (κ2) is 11.8. The minimum absolute atomic E-state index is 0.228. The lowest BCUT2D eigenvalue weighted by molar-refractivity contribution is 0.311. The summed E-state index contributed by atoms with van der Waals surface area (Å²) in [7, 11) is -3.64. The first-order valence-corrected chi connectivity index (χ1v) is 15.4. The molecule has 0 radical (unpaired) electrons. The van der Waals surface area contributed by atoms with Crippen molar-refractivity contribution in [3.8, 4) is 11.3 Å². The van der Waals surface area contributed by atoms with Crippen LogP contribution in [0.3, 0.4) is 0 Å². The molecule has 1 aliphatic heterocycles. The number of nitrogens with one attached hydrogen (secondary N) is 1. The van der Waals surface area contributed by atoms with Gasteiger partial charge in [-0.2, -0.15) is 4.31 Å². The second-order valence-electron chi connectivity index (χ2n) is 10.2. The maximum atomic E-state index is 13.5. The lowest BCUT2D eigenvalue weighted by Gasteiger charge is -2.39. The van der Waals surface area contributed by atoms with E-state index in [0.29, 0.717) is 30.4 Å². The Kier molecular flexibility index (Phi) is 7.82. The van der Waals surface area contributed by atoms with Crippen LogP contribution in [0.25, 0.3) is 22.2 Å². The summed E-state index contributed by atoms with van der Waals surface area (Å²) < 4.78 is 41.9. The van der Waals surface area contributed by atoms with Gasteiger partial charge in [0.15, 0.2) is 0 Å². The summed E-state index contributed by atoms with van der Waals surface area (Å²) in [6.45, 7) is 3.85. The zero-order valence-electron chi connectivity index (χ0n) is 23.2. The van der Waals surface area contributed by atoms with Crippen LogP contribution in [-0.4, -0.2) is 53.4 Å². The van der Waals surface area contributed by atoms with E-state index in [1.165, 1.54) is 12.1 Å². The smallest absolute Gasteiger partial charge is 0.243 e. The standard InChI is InChI=1S/C32H31FN6O2S/c1-2-39(30-7-3-5-24-6-4-19-34-31(24)30)27-17-21-38(22-18-27)42(40,41)28-14-12-26(13-15-28)36-32-35-20-16-29(37-32)23-8-10-25(33)11-9-23/h3-16,19-20,27H,2,17-18,21-22H2,1H3,(H,35,36,37). The molecule has 42 heavy (non-hydrogen) atoms. The molecule has 1 N–H and O–H groups in total. The highest BCUT2D eigenvalue weighted by molar-refractivity contribution is 7.89. The fourth-order valence-electron chi connectivity index (χ4n) is 5.53. The van der Waals surface area contributed by atoms with Crippen molar-refractivity contribution in [1.82, 2.24) is 19.3 Å². The van der Waals surface area contributed by atoms with E-state index in [9.17, 15) is 12.8 Å². The molecule has 1 saturated heterocycles. The van der Waals surface area contributed by atoms with Gasteiger partial charge in [0.2, 0.25) is 16.0 Å². The van der Waals surface area contributed by atoms with Gasteiger partial charge in [-0.05, 0) is 86.5 Å². The molecule has 5 aromatic rings. The van der Waals surface area contributed by atoms with E-state index in [-0.39, 0.29) is 16.8 Å². The first-order valence-electron chi connectivity index (χ1n) is 14.0. The molecule has 0 atom stereocenters. The molecule has 0 aliphatic carbocycles. The number of halogens is 1. The van der Waals surface area contributed by atoms with Crippen LogP contribution in [0.1, 0.15) is 19.8 Å². The zero-order chi connectivity index (χ0) is 29.1. The molecule has 0 unspecified atom stereocenters. The molecule has 6 rings (SSSR count). The molecular formula is C32H31FN6O2S. The van der Waals surface area contributed by atoms with Gasteiger partial charge < -0.3 is 10.2 Å². The molecule has 0 bridgehead atoms. The number of hydrogen-bond acceptors (Lipinski definition) is 7. The van der Waals surface area contributed by atoms with E-state index in [0.717, 1.165) is 41.5 Å². The molecule has 0 amide bonds. The number of hydrogen-bond donors (Lipinski definition) is 1. The van der Waals surface area contributed by atoms with E-state index in [4.69, 9.17) is 0 Å². The van der Waals surface area contributed by atoms with Crippen molar-refractivity contribution in [3.63, 3.8) is 0 Å². The molecule has 3 heterocycles. The second-order valence-corrected chi connectivity index (χ2v) is 12.1. The van der Waals surface area contributed by atoms with Crippen LogP contribution in [0.2, 0.25) is 0 Å². The van der Waals surface area contributed by atoms with Crippen molar-refractivity contribution in [1.29, 1.82) is 0 Å². The Bertz CT molecular complexity index is 1790. The van der Waals surface area contributed by atoms with Crippen LogP contribution in [-0.2, 0) is 10.0 Å². The van der Waals surface area contributed by atoms with E-state index in [1.807, 2.05) is 12.3 Å². The molecule has 0 saturated carbocycles. The fourth-order valence-corrected chi connectivity index (χ4v) is 7.00. The Morgan fingerprint density at radius 3 is 2.38 bits per heavy atom. The minimum Gasteiger partial charge on any atom is -0.367 e. The number of fused-ring (bicyclic) bond motifs is 1. The monoisotopic (exact) mass is 582 g/mol. The predicted octanol–water partition coefficient (Wildman–Crippen LogP) is 6.25. The highest BCUT2D eigenvalue weighted by atomic mass is 32.2. The number of sulfonamides is 1. The van der Waals surface area contributed by atoms with Crippen LogP contribution in [0.5, 0.6) is 0 Å². The maximum Gasteiger partial charge on any atom is 0.243 e. The number of rotatable bonds is 8. The van der Waals surface area contributed by atoms with E-state index >= 15 is 0 Å². The predicted molar refractivity (Wildman–Crippen MR) is 164 cm³/mol. The molecule has 10 heteroatoms. The highest BCUT2D eigenvalue weighted by Crippen LogP contribution is 2.31. The van der Waals surface area contributed by atoms with Gasteiger partial charge in [0.1, 0.15) is 5.82 Å². The van der Waals surface area contributed by atoms with Crippen LogP contribution in [0, 0.1) is 5.82 Å². The van der Waals surface area contributed by atoms with Gasteiger partial charge in [-0.1, -0.05) is 18.2 Å². The van der Waals surface area contributed by atoms with Crippen molar-refractivity contribution in [2.24, 2.45) is 0 Å². The summed E-state index contributed by atoms with van der Waals surface area (Å²) in [6.07, 6.45) is 4.90. The molecule has 8 nitrogen and oxygen atoms in total. The highest BCUT2D eigenvalue weighted by Gasteiger charge is 2.32. The quantitative estimate of drug-likeness (QED) is 0.231. The molecule has 3 aromatic carbocycles. The minimum atomic E-state index is -3.64. The van der Waals surface area contributed by atoms with Gasteiger partial charge in [0.05, 0.1) is 21.8 Å². The normalized spacial score (nSPS) is 14.6. The average molecular weight is 583 g/mol. The number of anilines is 3. The summed E-state index contributed by atoms with van der Waals surface area (Å²) in [5.41, 5.74) is 4.13. The first-order chi connectivity index (χ1) is 20.4. The first kappa shape index (κ1) is 27.7. The summed E-state index contributed by atoms with van der Waals surface area (Å²) >= 11 is 0. The van der Waals surface area contributed by atoms with Crippen LogP contribution >= 0.6 is 0 Å². The summed E-state index contributed by atoms with van der Waals surface area (Å²) in [5, 5.41) is 4.22. The summed E-state index contributed by atoms with van der Waals surface area (Å²) in [4.78, 5) is 16.0. The summed E-state index contributed by atoms with van der Waals surface area (Å²) in [6, 6.07) is 24.9. The van der Waals surface area contributed by atoms with Crippen molar-refractivity contribution in [3.05, 3.63) is 103 Å². The Balaban J connectivity index is 1.12. The van der Waals surface area contributed by atoms with Gasteiger partial charge in [-0.15, -0.1) is 0 Å². The van der Waals surface area contributed by atoms with Gasteiger partial charge in [-0.25, -0.2) is 22.8 Å². The number of aromatic nitrogens is 3. The van der Waals surface area contributed by atoms with Gasteiger partial charge in [-0.3, -0.25) is 4.98 Å². The van der Waals surface area contributed by atoms with Gasteiger partial charge in [0.25, 0.3) is 0 Å². The fraction of sp³-hybridized carbons (Fsp3) is 0.219. The molecular weight excluding hydrogens is 551 g/mol. The SMILES string of the molecule is CCN(c1cccc2cccnc12)C1CCN(S(=O)(=O)c2ccc(Nc3nccc(-c4ccc(F)cc4)n3)cc2)CC1. The third kappa shape index (κ3) is 5.68.